The van der Waals surface area contributed by atoms with Crippen molar-refractivity contribution in [3.05, 3.63) is 70.8 Å². The molecule has 4 unspecified atom stereocenters. The Morgan fingerprint density at radius 3 is 1.54 bits per heavy atom. The Bertz CT molecular complexity index is 735. The largest absolute Gasteiger partial charge is 0.0860 e. The molecule has 0 aliphatic heterocycles. The number of fused-ring (bicyclic) bond motifs is 8. The highest BCUT2D eigenvalue weighted by atomic mass is 127. The van der Waals surface area contributed by atoms with Gasteiger partial charge in [0.25, 0.3) is 0 Å². The molecule has 0 amide bonds. The number of alkyl halides is 1. The van der Waals surface area contributed by atoms with Crippen molar-refractivity contribution in [1.29, 1.82) is 0 Å². The summed E-state index contributed by atoms with van der Waals surface area (Å²) in [5.41, 5.74) is 6.80. The minimum atomic E-state index is 0.770. The topological polar surface area (TPSA) is 0 Å². The average molecular weight is 456 g/mol. The first-order valence-corrected chi connectivity index (χ1v) is 12.1. The molecule has 26 heavy (non-hydrogen) atoms. The first-order valence-electron chi connectivity index (χ1n) is 10.6. The molecule has 0 heterocycles. The maximum Gasteiger partial charge on any atom is 0.00358 e. The monoisotopic (exact) mass is 456 g/mol. The van der Waals surface area contributed by atoms with Gasteiger partial charge in [-0.25, -0.2) is 0 Å². The van der Waals surface area contributed by atoms with E-state index in [0.717, 1.165) is 35.5 Å². The molecule has 2 fully saturated rings. The minimum absolute atomic E-state index is 0.770. The Kier molecular flexibility index (Phi) is 4.63. The second-order valence-corrected chi connectivity index (χ2v) is 9.57. The molecule has 3 aliphatic rings. The van der Waals surface area contributed by atoms with Crippen molar-refractivity contribution in [2.75, 3.05) is 4.43 Å². The molecule has 0 nitrogen and oxygen atoms in total. The Morgan fingerprint density at radius 1 is 0.654 bits per heavy atom. The zero-order valence-electron chi connectivity index (χ0n) is 15.7. The molecule has 0 saturated heterocycles. The smallest absolute Gasteiger partial charge is 0.00358 e. The van der Waals surface area contributed by atoms with E-state index in [1.807, 2.05) is 0 Å². The third-order valence-electron chi connectivity index (χ3n) is 7.33. The molecule has 4 atom stereocenters. The predicted octanol–water partition coefficient (Wildman–Crippen LogP) is 7.40. The lowest BCUT2D eigenvalue weighted by Gasteiger charge is -2.15. The molecule has 0 aromatic heterocycles. The molecule has 136 valence electrons. The molecule has 0 radical (unpaired) electrons. The van der Waals surface area contributed by atoms with Crippen LogP contribution in [0.4, 0.5) is 0 Å². The van der Waals surface area contributed by atoms with Crippen LogP contribution in [0.3, 0.4) is 0 Å². The second kappa shape index (κ2) is 6.96. The molecule has 1 heteroatoms. The lowest BCUT2D eigenvalue weighted by molar-refractivity contribution is 0.582. The Labute approximate surface area is 171 Å². The Morgan fingerprint density at radius 2 is 1.12 bits per heavy atom. The number of unbranched alkanes of at least 4 members (excludes halogenated alkanes) is 3. The highest BCUT2D eigenvalue weighted by Crippen LogP contribution is 2.72. The normalized spacial score (nSPS) is 33.2. The van der Waals surface area contributed by atoms with Crippen LogP contribution in [0, 0.1) is 11.8 Å². The number of rotatable bonds is 6. The fourth-order valence-electron chi connectivity index (χ4n) is 6.04. The zero-order valence-corrected chi connectivity index (χ0v) is 17.9. The van der Waals surface area contributed by atoms with Crippen molar-refractivity contribution in [2.45, 2.75) is 62.7 Å². The molecular weight excluding hydrogens is 427 g/mol. The summed E-state index contributed by atoms with van der Waals surface area (Å²) in [4.78, 5) is 0. The third-order valence-corrected chi connectivity index (χ3v) is 8.35. The summed E-state index contributed by atoms with van der Waals surface area (Å²) in [5, 5.41) is 0. The summed E-state index contributed by atoms with van der Waals surface area (Å²) >= 11 is 2.61. The van der Waals surface area contributed by atoms with Gasteiger partial charge in [-0.3, -0.25) is 0 Å². The summed E-state index contributed by atoms with van der Waals surface area (Å²) in [6.07, 6.45) is 6.99. The fraction of sp³-hybridized carbons (Fsp3) is 0.520. The van der Waals surface area contributed by atoms with Crippen molar-refractivity contribution in [3.8, 4) is 0 Å². The maximum absolute atomic E-state index is 2.61. The molecule has 2 aromatic carbocycles. The minimum Gasteiger partial charge on any atom is -0.0860 e. The molecular formula is C25H29I. The highest BCUT2D eigenvalue weighted by molar-refractivity contribution is 14.1. The van der Waals surface area contributed by atoms with Crippen LogP contribution in [-0.2, 0) is 0 Å². The van der Waals surface area contributed by atoms with E-state index >= 15 is 0 Å². The molecule has 0 spiro atoms. The quantitative estimate of drug-likeness (QED) is 0.241. The first kappa shape index (κ1) is 17.3. The Hall–Kier alpha value is -0.830. The van der Waals surface area contributed by atoms with Gasteiger partial charge in [0.1, 0.15) is 0 Å². The van der Waals surface area contributed by atoms with Crippen LogP contribution in [0.5, 0.6) is 0 Å². The average Bonchev–Trinajstić information content (AvgIpc) is 3.57. The van der Waals surface area contributed by atoms with E-state index in [2.05, 4.69) is 78.0 Å². The van der Waals surface area contributed by atoms with E-state index in [0.29, 0.717) is 0 Å². The van der Waals surface area contributed by atoms with Gasteiger partial charge in [-0.15, -0.1) is 0 Å². The molecule has 3 aliphatic carbocycles. The Balaban J connectivity index is 1.52. The van der Waals surface area contributed by atoms with Gasteiger partial charge in [0.05, 0.1) is 0 Å². The zero-order chi connectivity index (χ0) is 17.7. The summed E-state index contributed by atoms with van der Waals surface area (Å²) in [6.45, 7) is 2.31. The predicted molar refractivity (Wildman–Crippen MR) is 118 cm³/mol. The van der Waals surface area contributed by atoms with Gasteiger partial charge in [-0.1, -0.05) is 104 Å². The van der Waals surface area contributed by atoms with Gasteiger partial charge in [0.15, 0.2) is 0 Å². The van der Waals surface area contributed by atoms with Gasteiger partial charge in [0, 0.05) is 4.43 Å². The van der Waals surface area contributed by atoms with Crippen molar-refractivity contribution >= 4 is 22.6 Å². The van der Waals surface area contributed by atoms with Gasteiger partial charge >= 0.3 is 0 Å². The fourth-order valence-corrected chi connectivity index (χ4v) is 7.13. The number of hydrogen-bond donors (Lipinski definition) is 0. The number of hydrogen-bond acceptors (Lipinski definition) is 0. The maximum atomic E-state index is 2.61. The van der Waals surface area contributed by atoms with E-state index in [-0.39, 0.29) is 0 Å². The molecule has 2 aromatic rings. The van der Waals surface area contributed by atoms with Crippen LogP contribution in [0.1, 0.15) is 85.0 Å². The van der Waals surface area contributed by atoms with Gasteiger partial charge in [-0.05, 0) is 64.2 Å². The van der Waals surface area contributed by atoms with Gasteiger partial charge < -0.3 is 0 Å². The van der Waals surface area contributed by atoms with Crippen molar-refractivity contribution in [2.24, 2.45) is 11.8 Å². The lowest BCUT2D eigenvalue weighted by atomic mass is 9.89. The van der Waals surface area contributed by atoms with Crippen molar-refractivity contribution < 1.29 is 0 Å². The molecule has 0 N–H and O–H groups in total. The first-order chi connectivity index (χ1) is 12.9. The third kappa shape index (κ3) is 2.68. The SMILES string of the molecule is CCCCCCC1C2c3ccccc3C3C(CI)C3c3ccccc3C12. The second-order valence-electron chi connectivity index (χ2n) is 8.69. The van der Waals surface area contributed by atoms with E-state index in [1.54, 1.807) is 22.3 Å². The van der Waals surface area contributed by atoms with Crippen molar-refractivity contribution in [3.63, 3.8) is 0 Å². The molecule has 0 bridgehead atoms. The van der Waals surface area contributed by atoms with Crippen LogP contribution in [0.2, 0.25) is 0 Å². The number of halogens is 1. The lowest BCUT2D eigenvalue weighted by Crippen LogP contribution is -1.99. The van der Waals surface area contributed by atoms with Gasteiger partial charge in [0.2, 0.25) is 0 Å². The number of benzene rings is 2. The summed E-state index contributed by atoms with van der Waals surface area (Å²) in [7, 11) is 0. The van der Waals surface area contributed by atoms with Crippen LogP contribution in [-0.4, -0.2) is 4.43 Å². The van der Waals surface area contributed by atoms with E-state index in [4.69, 9.17) is 0 Å². The van der Waals surface area contributed by atoms with Gasteiger partial charge in [-0.2, -0.15) is 0 Å². The van der Waals surface area contributed by atoms with Crippen molar-refractivity contribution in [1.82, 2.24) is 0 Å². The summed E-state index contributed by atoms with van der Waals surface area (Å²) in [5.74, 6) is 4.83. The highest BCUT2D eigenvalue weighted by Gasteiger charge is 2.60. The standard InChI is InChI=1S/C25H29I/c1-2-3-4-5-14-20-22-16-10-6-8-12-18(16)24-21(15-26)25(24)19-13-9-7-11-17(19)23(20)22/h6-13,20-25H,2-5,14-15H2,1H3. The van der Waals surface area contributed by atoms with Crippen LogP contribution < -0.4 is 0 Å². The molecule has 2 saturated carbocycles. The van der Waals surface area contributed by atoms with E-state index < -0.39 is 0 Å². The molecule has 5 rings (SSSR count). The van der Waals surface area contributed by atoms with Crippen LogP contribution >= 0.6 is 22.6 Å². The van der Waals surface area contributed by atoms with Crippen LogP contribution in [0.15, 0.2) is 48.5 Å². The van der Waals surface area contributed by atoms with E-state index in [9.17, 15) is 0 Å². The van der Waals surface area contributed by atoms with Crippen LogP contribution in [0.25, 0.3) is 0 Å². The summed E-state index contributed by atoms with van der Waals surface area (Å²) < 4.78 is 1.28. The van der Waals surface area contributed by atoms with E-state index in [1.165, 1.54) is 36.5 Å². The summed E-state index contributed by atoms with van der Waals surface area (Å²) in [6, 6.07) is 19.0.